The fourth-order valence-electron chi connectivity index (χ4n) is 1.92. The summed E-state index contributed by atoms with van der Waals surface area (Å²) < 4.78 is 0. The minimum absolute atomic E-state index is 0.0488. The van der Waals surface area contributed by atoms with Gasteiger partial charge < -0.3 is 5.32 Å². The van der Waals surface area contributed by atoms with Crippen LogP contribution in [0.5, 0.6) is 0 Å². The van der Waals surface area contributed by atoms with E-state index >= 15 is 0 Å². The van der Waals surface area contributed by atoms with Crippen LogP contribution < -0.4 is 5.32 Å². The first-order valence-corrected chi connectivity index (χ1v) is 8.81. The van der Waals surface area contributed by atoms with Crippen LogP contribution in [0.3, 0.4) is 0 Å². The molecule has 0 radical (unpaired) electrons. The van der Waals surface area contributed by atoms with Crippen molar-refractivity contribution in [2.45, 2.75) is 19.6 Å². The second kappa shape index (κ2) is 7.90. The molecule has 1 amide bonds. The minimum Gasteiger partial charge on any atom is -0.301 e. The molecule has 0 bridgehead atoms. The largest absolute Gasteiger partial charge is 0.301 e. The van der Waals surface area contributed by atoms with E-state index in [1.54, 1.807) is 13.0 Å². The highest BCUT2D eigenvalue weighted by molar-refractivity contribution is 7.99. The molecule has 0 unspecified atom stereocenters. The van der Waals surface area contributed by atoms with Gasteiger partial charge in [-0.2, -0.15) is 5.26 Å². The van der Waals surface area contributed by atoms with Crippen molar-refractivity contribution in [3.63, 3.8) is 0 Å². The average Bonchev–Trinajstić information content (AvgIpc) is 2.88. The summed E-state index contributed by atoms with van der Waals surface area (Å²) in [6.45, 7) is 3.23. The van der Waals surface area contributed by atoms with Crippen molar-refractivity contribution in [3.05, 3.63) is 46.0 Å². The van der Waals surface area contributed by atoms with Crippen LogP contribution in [0.1, 0.15) is 33.4 Å². The second-order valence-corrected chi connectivity index (χ2v) is 6.83. The third-order valence-electron chi connectivity index (χ3n) is 2.92. The molecule has 0 aliphatic carbocycles. The van der Waals surface area contributed by atoms with Crippen LogP contribution in [0.15, 0.2) is 24.3 Å². The number of Topliss-reactive ketones (excluding diaryl/α,β-unsaturated/α-hetero) is 1. The molecule has 2 rings (SSSR count). The smallest absolute Gasteiger partial charge is 0.236 e. The molecule has 1 aromatic carbocycles. The Hall–Kier alpha value is -2.17. The van der Waals surface area contributed by atoms with E-state index in [1.807, 2.05) is 18.2 Å². The molecule has 7 heteroatoms. The summed E-state index contributed by atoms with van der Waals surface area (Å²) in [7, 11) is 0. The van der Waals surface area contributed by atoms with Gasteiger partial charge in [0.05, 0.1) is 28.0 Å². The first-order valence-electron chi connectivity index (χ1n) is 6.84. The molecule has 0 aliphatic rings. The number of hydrogen-bond donors (Lipinski definition) is 1. The third-order valence-corrected chi connectivity index (χ3v) is 5.10. The number of nitrogens with one attached hydrogen (secondary N) is 1. The van der Waals surface area contributed by atoms with Gasteiger partial charge in [-0.15, -0.1) is 11.8 Å². The molecule has 0 spiro atoms. The fourth-order valence-corrected chi connectivity index (χ4v) is 3.58. The first kappa shape index (κ1) is 17.2. The second-order valence-electron chi connectivity index (χ2n) is 4.84. The number of nitriles is 1. The normalized spacial score (nSPS) is 10.1. The standard InChI is InChI=1S/C16H15N3O2S2/c1-10-15(11(2)20)23-16(18-10)19-14(21)9-22-8-13-5-3-4-12(6-13)7-17/h3-6H,8-9H2,1-2H3,(H,18,19,21). The van der Waals surface area contributed by atoms with Gasteiger partial charge in [-0.3, -0.25) is 9.59 Å². The summed E-state index contributed by atoms with van der Waals surface area (Å²) in [5.74, 6) is 0.728. The summed E-state index contributed by atoms with van der Waals surface area (Å²) in [4.78, 5) is 28.0. The van der Waals surface area contributed by atoms with Crippen LogP contribution in [0.2, 0.25) is 0 Å². The van der Waals surface area contributed by atoms with E-state index in [9.17, 15) is 9.59 Å². The lowest BCUT2D eigenvalue weighted by atomic mass is 10.2. The number of carbonyl (C=O) groups is 2. The van der Waals surface area contributed by atoms with Crippen molar-refractivity contribution < 1.29 is 9.59 Å². The van der Waals surface area contributed by atoms with Crippen molar-refractivity contribution in [1.82, 2.24) is 4.98 Å². The Morgan fingerprint density at radius 2 is 2.22 bits per heavy atom. The van der Waals surface area contributed by atoms with Crippen molar-refractivity contribution in [2.24, 2.45) is 0 Å². The number of thioether (sulfide) groups is 1. The van der Waals surface area contributed by atoms with Crippen LogP contribution in [0.4, 0.5) is 5.13 Å². The Balaban J connectivity index is 1.84. The van der Waals surface area contributed by atoms with E-state index in [0.717, 1.165) is 5.56 Å². The number of nitrogens with zero attached hydrogens (tertiary/aromatic N) is 2. The Labute approximate surface area is 142 Å². The third kappa shape index (κ3) is 4.91. The number of ketones is 1. The summed E-state index contributed by atoms with van der Waals surface area (Å²) in [6, 6.07) is 9.41. The molecule has 0 saturated carbocycles. The van der Waals surface area contributed by atoms with Crippen molar-refractivity contribution in [1.29, 1.82) is 5.26 Å². The van der Waals surface area contributed by atoms with Crippen LogP contribution in [-0.4, -0.2) is 22.4 Å². The van der Waals surface area contributed by atoms with Gasteiger partial charge in [0.1, 0.15) is 0 Å². The topological polar surface area (TPSA) is 82.9 Å². The number of thiazole rings is 1. The number of aromatic nitrogens is 1. The number of amides is 1. The maximum atomic E-state index is 11.9. The Morgan fingerprint density at radius 1 is 1.43 bits per heavy atom. The Kier molecular flexibility index (Phi) is 5.90. The van der Waals surface area contributed by atoms with E-state index in [4.69, 9.17) is 5.26 Å². The van der Waals surface area contributed by atoms with Crippen LogP contribution in [0.25, 0.3) is 0 Å². The maximum absolute atomic E-state index is 11.9. The molecule has 1 N–H and O–H groups in total. The number of carbonyl (C=O) groups excluding carboxylic acids is 2. The first-order chi connectivity index (χ1) is 11.0. The number of rotatable bonds is 6. The van der Waals surface area contributed by atoms with Gasteiger partial charge in [0, 0.05) is 12.7 Å². The summed E-state index contributed by atoms with van der Waals surface area (Å²) in [5, 5.41) is 12.0. The molecule has 118 valence electrons. The predicted octanol–water partition coefficient (Wildman–Crippen LogP) is 3.40. The highest BCUT2D eigenvalue weighted by Gasteiger charge is 2.13. The Bertz CT molecular complexity index is 778. The van der Waals surface area contributed by atoms with E-state index < -0.39 is 0 Å². The lowest BCUT2D eigenvalue weighted by Crippen LogP contribution is -2.14. The molecule has 0 atom stereocenters. The van der Waals surface area contributed by atoms with E-state index in [0.29, 0.717) is 27.0 Å². The molecular weight excluding hydrogens is 330 g/mol. The van der Waals surface area contributed by atoms with Crippen molar-refractivity contribution >= 4 is 39.9 Å². The van der Waals surface area contributed by atoms with E-state index in [-0.39, 0.29) is 17.4 Å². The number of benzene rings is 1. The molecule has 0 aliphatic heterocycles. The minimum atomic E-state index is -0.157. The van der Waals surface area contributed by atoms with Gasteiger partial charge in [0.2, 0.25) is 5.91 Å². The monoisotopic (exact) mass is 345 g/mol. The highest BCUT2D eigenvalue weighted by Crippen LogP contribution is 2.23. The molecular formula is C16H15N3O2S2. The zero-order valence-electron chi connectivity index (χ0n) is 12.8. The number of aryl methyl sites for hydroxylation is 1. The van der Waals surface area contributed by atoms with Gasteiger partial charge in [0.25, 0.3) is 0 Å². The van der Waals surface area contributed by atoms with E-state index in [1.165, 1.54) is 30.0 Å². The highest BCUT2D eigenvalue weighted by atomic mass is 32.2. The molecule has 23 heavy (non-hydrogen) atoms. The summed E-state index contributed by atoms with van der Waals surface area (Å²) >= 11 is 2.65. The average molecular weight is 345 g/mol. The van der Waals surface area contributed by atoms with Crippen molar-refractivity contribution in [2.75, 3.05) is 11.1 Å². The van der Waals surface area contributed by atoms with Gasteiger partial charge >= 0.3 is 0 Å². The van der Waals surface area contributed by atoms with Gasteiger partial charge in [0.15, 0.2) is 10.9 Å². The predicted molar refractivity (Wildman–Crippen MR) is 92.8 cm³/mol. The molecule has 1 heterocycles. The lowest BCUT2D eigenvalue weighted by molar-refractivity contribution is -0.113. The maximum Gasteiger partial charge on any atom is 0.236 e. The van der Waals surface area contributed by atoms with Crippen LogP contribution in [-0.2, 0) is 10.5 Å². The zero-order chi connectivity index (χ0) is 16.8. The van der Waals surface area contributed by atoms with Crippen molar-refractivity contribution in [3.8, 4) is 6.07 Å². The summed E-state index contributed by atoms with van der Waals surface area (Å²) in [6.07, 6.45) is 0. The molecule has 0 saturated heterocycles. The number of hydrogen-bond acceptors (Lipinski definition) is 6. The van der Waals surface area contributed by atoms with Gasteiger partial charge in [-0.1, -0.05) is 23.5 Å². The van der Waals surface area contributed by atoms with Gasteiger partial charge in [-0.05, 0) is 24.6 Å². The molecule has 2 aromatic rings. The molecule has 0 fully saturated rings. The van der Waals surface area contributed by atoms with E-state index in [2.05, 4.69) is 16.4 Å². The van der Waals surface area contributed by atoms with Crippen LogP contribution >= 0.6 is 23.1 Å². The Morgan fingerprint density at radius 3 is 2.87 bits per heavy atom. The fraction of sp³-hybridized carbons (Fsp3) is 0.250. The van der Waals surface area contributed by atoms with Crippen LogP contribution in [0, 0.1) is 18.3 Å². The number of anilines is 1. The summed E-state index contributed by atoms with van der Waals surface area (Å²) in [5.41, 5.74) is 2.26. The quantitative estimate of drug-likeness (QED) is 0.811. The zero-order valence-corrected chi connectivity index (χ0v) is 14.4. The van der Waals surface area contributed by atoms with Gasteiger partial charge in [-0.25, -0.2) is 4.98 Å². The lowest BCUT2D eigenvalue weighted by Gasteiger charge is -2.03. The molecule has 1 aromatic heterocycles. The molecule has 5 nitrogen and oxygen atoms in total. The SMILES string of the molecule is CC(=O)c1sc(NC(=O)CSCc2cccc(C#N)c2)nc1C.